The van der Waals surface area contributed by atoms with Crippen molar-refractivity contribution < 1.29 is 17.9 Å². The second kappa shape index (κ2) is 7.44. The minimum absolute atomic E-state index is 0.0938. The van der Waals surface area contributed by atoms with Gasteiger partial charge in [-0.05, 0) is 24.6 Å². The van der Waals surface area contributed by atoms with Crippen LogP contribution in [0.3, 0.4) is 0 Å². The number of thiophene rings is 1. The van der Waals surface area contributed by atoms with Gasteiger partial charge in [-0.2, -0.15) is 4.31 Å². The Labute approximate surface area is 144 Å². The minimum Gasteiger partial charge on any atom is -0.460 e. The number of nitrogens with zero attached hydrogens (tertiary/aromatic N) is 1. The Hall–Kier alpha value is -1.41. The smallest absolute Gasteiger partial charge is 0.321 e. The van der Waals surface area contributed by atoms with Gasteiger partial charge in [0.15, 0.2) is 0 Å². The summed E-state index contributed by atoms with van der Waals surface area (Å²) in [4.78, 5) is 11.8. The Morgan fingerprint density at radius 1 is 1.22 bits per heavy atom. The lowest BCUT2D eigenvalue weighted by Gasteiger charge is -2.15. The van der Waals surface area contributed by atoms with Crippen LogP contribution in [0.2, 0.25) is 4.34 Å². The van der Waals surface area contributed by atoms with Crippen LogP contribution >= 0.6 is 22.9 Å². The molecule has 1 aromatic carbocycles. The van der Waals surface area contributed by atoms with E-state index in [1.807, 2.05) is 31.2 Å². The van der Waals surface area contributed by atoms with Crippen molar-refractivity contribution in [2.75, 3.05) is 13.6 Å². The number of carbonyl (C=O) groups excluding carboxylic acids is 1. The molecule has 0 atom stereocenters. The van der Waals surface area contributed by atoms with Gasteiger partial charge in [-0.3, -0.25) is 4.79 Å². The Balaban J connectivity index is 1.93. The van der Waals surface area contributed by atoms with Crippen molar-refractivity contribution >= 4 is 38.9 Å². The van der Waals surface area contributed by atoms with E-state index in [9.17, 15) is 13.2 Å². The van der Waals surface area contributed by atoms with E-state index in [1.165, 1.54) is 19.2 Å². The summed E-state index contributed by atoms with van der Waals surface area (Å²) in [6.45, 7) is 1.72. The second-order valence-electron chi connectivity index (χ2n) is 4.97. The molecule has 124 valence electrons. The maximum absolute atomic E-state index is 12.3. The van der Waals surface area contributed by atoms with Crippen LogP contribution in [-0.4, -0.2) is 32.3 Å². The molecule has 0 aliphatic carbocycles. The van der Waals surface area contributed by atoms with Crippen LogP contribution in [0.4, 0.5) is 0 Å². The van der Waals surface area contributed by atoms with Gasteiger partial charge in [-0.1, -0.05) is 41.4 Å². The van der Waals surface area contributed by atoms with Crippen molar-refractivity contribution in [3.63, 3.8) is 0 Å². The Kier molecular flexibility index (Phi) is 5.80. The number of benzene rings is 1. The largest absolute Gasteiger partial charge is 0.460 e. The quantitative estimate of drug-likeness (QED) is 0.730. The summed E-state index contributed by atoms with van der Waals surface area (Å²) in [6, 6.07) is 10.5. The molecule has 0 fully saturated rings. The summed E-state index contributed by atoms with van der Waals surface area (Å²) in [7, 11) is -2.41. The number of rotatable bonds is 6. The summed E-state index contributed by atoms with van der Waals surface area (Å²) in [6.07, 6.45) is 0. The highest BCUT2D eigenvalue weighted by Crippen LogP contribution is 2.27. The molecule has 0 bridgehead atoms. The zero-order valence-electron chi connectivity index (χ0n) is 12.7. The molecule has 2 rings (SSSR count). The summed E-state index contributed by atoms with van der Waals surface area (Å²) in [5.74, 6) is -0.612. The highest BCUT2D eigenvalue weighted by molar-refractivity contribution is 7.91. The number of hydrogen-bond donors (Lipinski definition) is 0. The van der Waals surface area contributed by atoms with Gasteiger partial charge in [0, 0.05) is 7.05 Å². The number of ether oxygens (including phenoxy) is 1. The fourth-order valence-electron chi connectivity index (χ4n) is 1.75. The first-order valence-corrected chi connectivity index (χ1v) is 9.35. The molecule has 0 aliphatic rings. The van der Waals surface area contributed by atoms with E-state index in [0.717, 1.165) is 26.8 Å². The zero-order chi connectivity index (χ0) is 17.0. The fraction of sp³-hybridized carbons (Fsp3) is 0.267. The van der Waals surface area contributed by atoms with Crippen LogP contribution in [0, 0.1) is 6.92 Å². The van der Waals surface area contributed by atoms with E-state index in [2.05, 4.69) is 0 Å². The van der Waals surface area contributed by atoms with Crippen LogP contribution in [0.25, 0.3) is 0 Å². The number of likely N-dealkylation sites (N-methyl/N-ethyl adjacent to an activating group) is 1. The number of esters is 1. The molecule has 2 aromatic rings. The number of hydrogen-bond acceptors (Lipinski definition) is 5. The van der Waals surface area contributed by atoms with Crippen LogP contribution in [0.1, 0.15) is 11.1 Å². The van der Waals surface area contributed by atoms with Gasteiger partial charge in [-0.15, -0.1) is 11.3 Å². The average Bonchev–Trinajstić information content (AvgIpc) is 2.94. The van der Waals surface area contributed by atoms with Gasteiger partial charge in [0.05, 0.1) is 4.34 Å². The number of aryl methyl sites for hydroxylation is 1. The topological polar surface area (TPSA) is 63.7 Å². The third-order valence-electron chi connectivity index (χ3n) is 3.09. The molecule has 5 nitrogen and oxygen atoms in total. The normalized spacial score (nSPS) is 11.7. The summed E-state index contributed by atoms with van der Waals surface area (Å²) in [5.41, 5.74) is 1.96. The number of sulfonamides is 1. The van der Waals surface area contributed by atoms with Crippen molar-refractivity contribution in [3.8, 4) is 0 Å². The molecule has 1 aromatic heterocycles. The molecular formula is C15H16ClNO4S2. The molecule has 0 saturated carbocycles. The molecule has 0 radical (unpaired) electrons. The molecule has 0 N–H and O–H groups in total. The maximum Gasteiger partial charge on any atom is 0.321 e. The van der Waals surface area contributed by atoms with E-state index in [4.69, 9.17) is 16.3 Å². The molecule has 0 saturated heterocycles. The van der Waals surface area contributed by atoms with Crippen molar-refractivity contribution in [2.45, 2.75) is 17.7 Å². The lowest BCUT2D eigenvalue weighted by atomic mass is 10.2. The van der Waals surface area contributed by atoms with Gasteiger partial charge in [0.2, 0.25) is 0 Å². The predicted molar refractivity (Wildman–Crippen MR) is 90.1 cm³/mol. The molecule has 0 aliphatic heterocycles. The molecule has 0 unspecified atom stereocenters. The molecule has 23 heavy (non-hydrogen) atoms. The second-order valence-corrected chi connectivity index (χ2v) is 8.95. The standard InChI is InChI=1S/C15H16ClNO4S2/c1-11-3-5-12(6-4-11)10-21-14(18)9-17(2)23(19,20)15-8-7-13(16)22-15/h3-8H,9-10H2,1-2H3. The molecular weight excluding hydrogens is 358 g/mol. The monoisotopic (exact) mass is 373 g/mol. The Bertz CT molecular complexity index is 784. The van der Waals surface area contributed by atoms with E-state index in [0.29, 0.717) is 4.34 Å². The minimum atomic E-state index is -3.74. The lowest BCUT2D eigenvalue weighted by molar-refractivity contribution is -0.144. The van der Waals surface area contributed by atoms with Crippen LogP contribution in [0.5, 0.6) is 0 Å². The Morgan fingerprint density at radius 2 is 1.87 bits per heavy atom. The van der Waals surface area contributed by atoms with Gasteiger partial charge < -0.3 is 4.74 Å². The van der Waals surface area contributed by atoms with Crippen LogP contribution in [0.15, 0.2) is 40.6 Å². The number of carbonyl (C=O) groups is 1. The van der Waals surface area contributed by atoms with Crippen molar-refractivity contribution in [3.05, 3.63) is 51.9 Å². The van der Waals surface area contributed by atoms with Gasteiger partial charge in [0.1, 0.15) is 17.4 Å². The highest BCUT2D eigenvalue weighted by Gasteiger charge is 2.25. The molecule has 8 heteroatoms. The summed E-state index contributed by atoms with van der Waals surface area (Å²) >= 11 is 6.69. The Morgan fingerprint density at radius 3 is 2.43 bits per heavy atom. The van der Waals surface area contributed by atoms with E-state index >= 15 is 0 Å². The third-order valence-corrected chi connectivity index (χ3v) is 6.59. The van der Waals surface area contributed by atoms with Crippen molar-refractivity contribution in [1.82, 2.24) is 4.31 Å². The predicted octanol–water partition coefficient (Wildman–Crippen LogP) is 3.07. The summed E-state index contributed by atoms with van der Waals surface area (Å²) in [5, 5.41) is 0. The first-order valence-electron chi connectivity index (χ1n) is 6.72. The van der Waals surface area contributed by atoms with E-state index in [1.54, 1.807) is 0 Å². The van der Waals surface area contributed by atoms with E-state index < -0.39 is 16.0 Å². The SMILES string of the molecule is Cc1ccc(COC(=O)CN(C)S(=O)(=O)c2ccc(Cl)s2)cc1. The van der Waals surface area contributed by atoms with Gasteiger partial charge in [0.25, 0.3) is 10.0 Å². The zero-order valence-corrected chi connectivity index (χ0v) is 15.0. The first-order chi connectivity index (χ1) is 10.8. The van der Waals surface area contributed by atoms with Crippen LogP contribution < -0.4 is 0 Å². The van der Waals surface area contributed by atoms with Crippen LogP contribution in [-0.2, 0) is 26.2 Å². The summed E-state index contributed by atoms with van der Waals surface area (Å²) < 4.78 is 31.1. The van der Waals surface area contributed by atoms with Gasteiger partial charge in [-0.25, -0.2) is 8.42 Å². The average molecular weight is 374 g/mol. The highest BCUT2D eigenvalue weighted by atomic mass is 35.5. The first kappa shape index (κ1) is 17.9. The third kappa shape index (κ3) is 4.78. The number of halogens is 1. The van der Waals surface area contributed by atoms with Gasteiger partial charge >= 0.3 is 5.97 Å². The molecule has 0 amide bonds. The molecule has 0 spiro atoms. The lowest BCUT2D eigenvalue weighted by Crippen LogP contribution is -2.32. The van der Waals surface area contributed by atoms with Crippen molar-refractivity contribution in [1.29, 1.82) is 0 Å². The maximum atomic E-state index is 12.3. The van der Waals surface area contributed by atoms with E-state index in [-0.39, 0.29) is 17.4 Å². The van der Waals surface area contributed by atoms with Crippen molar-refractivity contribution in [2.24, 2.45) is 0 Å². The fourth-order valence-corrected chi connectivity index (χ4v) is 4.56. The molecule has 1 heterocycles.